The summed E-state index contributed by atoms with van der Waals surface area (Å²) >= 11 is 0. The summed E-state index contributed by atoms with van der Waals surface area (Å²) in [5.41, 5.74) is 15.1. The van der Waals surface area contributed by atoms with Gasteiger partial charge in [0.2, 0.25) is 0 Å². The van der Waals surface area contributed by atoms with Gasteiger partial charge in [-0.1, -0.05) is 48.5 Å². The number of nitrogens with one attached hydrogen (secondary N) is 1. The van der Waals surface area contributed by atoms with Crippen molar-refractivity contribution in [2.45, 2.75) is 51.7 Å². The molecule has 33 heavy (non-hydrogen) atoms. The van der Waals surface area contributed by atoms with Gasteiger partial charge in [0.1, 0.15) is 17.3 Å². The second kappa shape index (κ2) is 6.95. The summed E-state index contributed by atoms with van der Waals surface area (Å²) < 4.78 is 13.0. The molecule has 166 valence electrons. The molecule has 3 aromatic rings. The van der Waals surface area contributed by atoms with E-state index in [1.165, 1.54) is 22.3 Å². The third kappa shape index (κ3) is 2.65. The van der Waals surface area contributed by atoms with E-state index in [4.69, 9.17) is 20.6 Å². The van der Waals surface area contributed by atoms with E-state index in [2.05, 4.69) is 53.5 Å². The second-order valence-corrected chi connectivity index (χ2v) is 9.54. The van der Waals surface area contributed by atoms with E-state index in [-0.39, 0.29) is 29.9 Å². The van der Waals surface area contributed by atoms with Gasteiger partial charge in [-0.2, -0.15) is 0 Å². The van der Waals surface area contributed by atoms with Gasteiger partial charge in [0.05, 0.1) is 23.3 Å². The molecule has 7 rings (SSSR count). The first-order valence-corrected chi connectivity index (χ1v) is 11.6. The van der Waals surface area contributed by atoms with Gasteiger partial charge in [0.25, 0.3) is 0 Å². The maximum atomic E-state index is 8.66. The Bertz CT molecular complexity index is 1320. The standard InChI is InChI=1S/C28H27N3O2/c1-13(2)32-25-21-19-15-9-5-7-11-17(15)20(18-12-8-6-10-16(18)19)22(21)26(33-14(3)4)24-23(25)27(29)31-28(24)30/h5-14,19-20H,1-4H3,(H3,29,30,31). The van der Waals surface area contributed by atoms with E-state index in [1.807, 2.05) is 27.7 Å². The summed E-state index contributed by atoms with van der Waals surface area (Å²) in [6, 6.07) is 17.3. The molecule has 0 saturated heterocycles. The molecule has 1 heterocycles. The van der Waals surface area contributed by atoms with Crippen LogP contribution in [0.15, 0.2) is 53.5 Å². The molecule has 0 aromatic heterocycles. The maximum Gasteiger partial charge on any atom is 0.158 e. The van der Waals surface area contributed by atoms with E-state index in [0.717, 1.165) is 22.6 Å². The minimum atomic E-state index is -0.0596. The van der Waals surface area contributed by atoms with E-state index >= 15 is 0 Å². The zero-order chi connectivity index (χ0) is 23.0. The number of ether oxygens (including phenoxy) is 2. The third-order valence-corrected chi connectivity index (χ3v) is 6.73. The fourth-order valence-corrected chi connectivity index (χ4v) is 5.76. The van der Waals surface area contributed by atoms with Crippen LogP contribution >= 0.6 is 0 Å². The minimum absolute atomic E-state index is 0.000543. The maximum absolute atomic E-state index is 8.66. The van der Waals surface area contributed by atoms with E-state index in [1.54, 1.807) is 0 Å². The predicted octanol–water partition coefficient (Wildman–Crippen LogP) is 5.29. The van der Waals surface area contributed by atoms with Gasteiger partial charge >= 0.3 is 0 Å². The molecule has 0 radical (unpaired) electrons. The van der Waals surface area contributed by atoms with E-state index < -0.39 is 0 Å². The quantitative estimate of drug-likeness (QED) is 0.401. The molecule has 2 bridgehead atoms. The first kappa shape index (κ1) is 20.0. The molecule has 0 unspecified atom stereocenters. The molecule has 1 aliphatic heterocycles. The summed E-state index contributed by atoms with van der Waals surface area (Å²) in [5.74, 6) is 1.93. The number of rotatable bonds is 4. The van der Waals surface area contributed by atoms with Crippen LogP contribution in [0.3, 0.4) is 0 Å². The molecular formula is C28H27N3O2. The SMILES string of the molecule is CC(C)Oc1c2c(c(OC(C)C)c3c1C1c4ccccc4C3c3ccccc31)C(N)=NC2=N. The number of amidine groups is 2. The van der Waals surface area contributed by atoms with Gasteiger partial charge in [-0.15, -0.1) is 0 Å². The minimum Gasteiger partial charge on any atom is -0.490 e. The van der Waals surface area contributed by atoms with E-state index in [0.29, 0.717) is 17.0 Å². The van der Waals surface area contributed by atoms with Gasteiger partial charge in [0.15, 0.2) is 5.84 Å². The van der Waals surface area contributed by atoms with Crippen LogP contribution in [0.2, 0.25) is 0 Å². The topological polar surface area (TPSA) is 80.7 Å². The highest BCUT2D eigenvalue weighted by Gasteiger charge is 2.48. The Kier molecular flexibility index (Phi) is 4.22. The third-order valence-electron chi connectivity index (χ3n) is 6.73. The van der Waals surface area contributed by atoms with Crippen molar-refractivity contribution in [1.29, 1.82) is 5.41 Å². The average molecular weight is 438 g/mol. The Morgan fingerprint density at radius 2 is 1.12 bits per heavy atom. The van der Waals surface area contributed by atoms with Gasteiger partial charge in [-0.3, -0.25) is 5.41 Å². The van der Waals surface area contributed by atoms with Gasteiger partial charge in [-0.05, 0) is 49.9 Å². The lowest BCUT2D eigenvalue weighted by molar-refractivity contribution is 0.228. The van der Waals surface area contributed by atoms with Crippen molar-refractivity contribution in [3.05, 3.63) is 93.0 Å². The van der Waals surface area contributed by atoms with Crippen LogP contribution < -0.4 is 15.2 Å². The lowest BCUT2D eigenvalue weighted by Crippen LogP contribution is -2.31. The van der Waals surface area contributed by atoms with Crippen molar-refractivity contribution in [3.8, 4) is 11.5 Å². The van der Waals surface area contributed by atoms with Crippen LogP contribution in [0.1, 0.15) is 84.0 Å². The van der Waals surface area contributed by atoms with Crippen LogP contribution in [0.25, 0.3) is 0 Å². The van der Waals surface area contributed by atoms with Crippen LogP contribution in [0.4, 0.5) is 0 Å². The average Bonchev–Trinajstić information content (AvgIpc) is 3.08. The molecule has 5 nitrogen and oxygen atoms in total. The summed E-state index contributed by atoms with van der Waals surface area (Å²) in [7, 11) is 0. The van der Waals surface area contributed by atoms with Crippen molar-refractivity contribution in [2.24, 2.45) is 10.7 Å². The lowest BCUT2D eigenvalue weighted by Gasteiger charge is -2.44. The Balaban J connectivity index is 1.79. The number of nitrogens with zero attached hydrogens (tertiary/aromatic N) is 1. The normalized spacial score (nSPS) is 19.2. The van der Waals surface area contributed by atoms with Crippen LogP contribution in [-0.2, 0) is 0 Å². The molecule has 0 spiro atoms. The first-order valence-electron chi connectivity index (χ1n) is 11.6. The summed E-state index contributed by atoms with van der Waals surface area (Å²) in [6.45, 7) is 8.08. The Morgan fingerprint density at radius 1 is 0.727 bits per heavy atom. The number of hydrogen-bond acceptors (Lipinski definition) is 4. The van der Waals surface area contributed by atoms with Crippen molar-refractivity contribution in [2.75, 3.05) is 0 Å². The predicted molar refractivity (Wildman–Crippen MR) is 130 cm³/mol. The molecule has 0 saturated carbocycles. The first-order chi connectivity index (χ1) is 15.9. The van der Waals surface area contributed by atoms with Crippen molar-refractivity contribution in [1.82, 2.24) is 0 Å². The molecule has 4 aliphatic rings. The molecule has 0 atom stereocenters. The molecule has 3 aliphatic carbocycles. The molecule has 0 fully saturated rings. The highest BCUT2D eigenvalue weighted by atomic mass is 16.5. The summed E-state index contributed by atoms with van der Waals surface area (Å²) in [4.78, 5) is 4.35. The smallest absolute Gasteiger partial charge is 0.158 e. The number of benzene rings is 3. The number of aliphatic imine (C=N–C) groups is 1. The highest BCUT2D eigenvalue weighted by Crippen LogP contribution is 2.62. The summed E-state index contributed by atoms with van der Waals surface area (Å²) in [5, 5.41) is 8.66. The molecular weight excluding hydrogens is 410 g/mol. The monoisotopic (exact) mass is 437 g/mol. The largest absolute Gasteiger partial charge is 0.490 e. The number of fused-ring (bicyclic) bond motifs is 1. The molecule has 3 N–H and O–H groups in total. The fraction of sp³-hybridized carbons (Fsp3) is 0.286. The lowest BCUT2D eigenvalue weighted by atomic mass is 9.60. The second-order valence-electron chi connectivity index (χ2n) is 9.54. The van der Waals surface area contributed by atoms with Crippen molar-refractivity contribution in [3.63, 3.8) is 0 Å². The van der Waals surface area contributed by atoms with Crippen LogP contribution in [-0.4, -0.2) is 23.9 Å². The van der Waals surface area contributed by atoms with Crippen LogP contribution in [0.5, 0.6) is 11.5 Å². The van der Waals surface area contributed by atoms with Gasteiger partial charge in [-0.25, -0.2) is 4.99 Å². The van der Waals surface area contributed by atoms with E-state index in [9.17, 15) is 0 Å². The van der Waals surface area contributed by atoms with Gasteiger partial charge in [0, 0.05) is 23.0 Å². The number of hydrogen-bond donors (Lipinski definition) is 2. The fourth-order valence-electron chi connectivity index (χ4n) is 5.76. The zero-order valence-electron chi connectivity index (χ0n) is 19.3. The zero-order valence-corrected chi connectivity index (χ0v) is 19.3. The van der Waals surface area contributed by atoms with Crippen LogP contribution in [0, 0.1) is 5.41 Å². The molecule has 0 amide bonds. The molecule has 3 aromatic carbocycles. The Morgan fingerprint density at radius 3 is 1.52 bits per heavy atom. The summed E-state index contributed by atoms with van der Waals surface area (Å²) in [6.07, 6.45) is -0.112. The van der Waals surface area contributed by atoms with Crippen molar-refractivity contribution < 1.29 is 9.47 Å². The highest BCUT2D eigenvalue weighted by molar-refractivity contribution is 6.24. The van der Waals surface area contributed by atoms with Gasteiger partial charge < -0.3 is 15.2 Å². The number of nitrogens with two attached hydrogens (primary N) is 1. The molecule has 5 heteroatoms. The van der Waals surface area contributed by atoms with Crippen molar-refractivity contribution >= 4 is 11.7 Å². The Labute approximate surface area is 193 Å². The Hall–Kier alpha value is -3.60.